The Morgan fingerprint density at radius 2 is 1.95 bits per heavy atom. The number of hydrazine groups is 1. The van der Waals surface area contributed by atoms with Gasteiger partial charge in [0.15, 0.2) is 0 Å². The first-order valence-electron chi connectivity index (χ1n) is 7.18. The molecule has 3 unspecified atom stereocenters. The summed E-state index contributed by atoms with van der Waals surface area (Å²) in [7, 11) is 0. The normalized spacial score (nSPS) is 25.0. The minimum Gasteiger partial charge on any atom is -0.491 e. The van der Waals surface area contributed by atoms with E-state index in [2.05, 4.69) is 10.9 Å². The van der Waals surface area contributed by atoms with Crippen molar-refractivity contribution in [2.75, 3.05) is 19.8 Å². The molecule has 6 nitrogen and oxygen atoms in total. The highest BCUT2D eigenvalue weighted by Crippen LogP contribution is 2.29. The highest BCUT2D eigenvalue weighted by atomic mass is 16.5. The van der Waals surface area contributed by atoms with Crippen molar-refractivity contribution in [3.05, 3.63) is 29.8 Å². The van der Waals surface area contributed by atoms with Crippen LogP contribution >= 0.6 is 0 Å². The minimum atomic E-state index is -0.839. The van der Waals surface area contributed by atoms with E-state index >= 15 is 0 Å². The van der Waals surface area contributed by atoms with Crippen LogP contribution in [0.4, 0.5) is 0 Å². The van der Waals surface area contributed by atoms with Crippen molar-refractivity contribution in [3.63, 3.8) is 0 Å². The molecule has 21 heavy (non-hydrogen) atoms. The van der Waals surface area contributed by atoms with Gasteiger partial charge in [-0.05, 0) is 24.6 Å². The predicted molar refractivity (Wildman–Crippen MR) is 78.0 cm³/mol. The van der Waals surface area contributed by atoms with Crippen molar-refractivity contribution in [1.29, 1.82) is 0 Å². The van der Waals surface area contributed by atoms with Gasteiger partial charge in [0.25, 0.3) is 0 Å². The average molecular weight is 294 g/mol. The molecule has 2 rings (SSSR count). The molecule has 0 amide bonds. The maximum absolute atomic E-state index is 11.1. The average Bonchev–Trinajstić information content (AvgIpc) is 2.86. The molecule has 3 N–H and O–H groups in total. The van der Waals surface area contributed by atoms with Crippen molar-refractivity contribution < 1.29 is 19.4 Å². The fourth-order valence-corrected chi connectivity index (χ4v) is 2.44. The number of ether oxygens (including phenoxy) is 2. The van der Waals surface area contributed by atoms with Crippen molar-refractivity contribution in [2.24, 2.45) is 5.92 Å². The largest absolute Gasteiger partial charge is 0.491 e. The molecule has 0 radical (unpaired) electrons. The third-order valence-corrected chi connectivity index (χ3v) is 3.65. The van der Waals surface area contributed by atoms with Gasteiger partial charge < -0.3 is 14.6 Å². The van der Waals surface area contributed by atoms with Crippen LogP contribution in [0.2, 0.25) is 0 Å². The van der Waals surface area contributed by atoms with E-state index in [1.165, 1.54) is 0 Å². The summed E-state index contributed by atoms with van der Waals surface area (Å²) < 4.78 is 10.8. The van der Waals surface area contributed by atoms with Gasteiger partial charge in [0.05, 0.1) is 12.6 Å². The Morgan fingerprint density at radius 3 is 2.52 bits per heavy atom. The lowest BCUT2D eigenvalue weighted by atomic mass is 9.91. The van der Waals surface area contributed by atoms with E-state index in [4.69, 9.17) is 14.6 Å². The van der Waals surface area contributed by atoms with E-state index in [0.29, 0.717) is 19.8 Å². The number of hydrogen-bond donors (Lipinski definition) is 3. The first-order valence-corrected chi connectivity index (χ1v) is 7.18. The molecule has 1 aromatic rings. The van der Waals surface area contributed by atoms with Crippen LogP contribution in [-0.4, -0.2) is 36.9 Å². The van der Waals surface area contributed by atoms with Gasteiger partial charge in [-0.1, -0.05) is 19.1 Å². The summed E-state index contributed by atoms with van der Waals surface area (Å²) in [4.78, 5) is 11.1. The summed E-state index contributed by atoms with van der Waals surface area (Å²) in [5.74, 6) is -0.0903. The molecule has 0 spiro atoms. The Balaban J connectivity index is 1.92. The first kappa shape index (κ1) is 15.8. The van der Waals surface area contributed by atoms with Crippen LogP contribution in [0, 0.1) is 5.92 Å². The van der Waals surface area contributed by atoms with Gasteiger partial charge in [0.2, 0.25) is 0 Å². The van der Waals surface area contributed by atoms with Crippen LogP contribution < -0.4 is 15.6 Å². The molecule has 116 valence electrons. The van der Waals surface area contributed by atoms with Crippen molar-refractivity contribution in [2.45, 2.75) is 25.9 Å². The highest BCUT2D eigenvalue weighted by molar-refractivity contribution is 5.74. The summed E-state index contributed by atoms with van der Waals surface area (Å²) in [6.07, 6.45) is 0. The molecule has 0 saturated carbocycles. The van der Waals surface area contributed by atoms with Gasteiger partial charge in [-0.3, -0.25) is 4.79 Å². The Hall–Kier alpha value is -1.63. The number of nitrogens with one attached hydrogen (secondary N) is 2. The molecule has 1 fully saturated rings. The van der Waals surface area contributed by atoms with Gasteiger partial charge >= 0.3 is 5.97 Å². The number of aliphatic carboxylic acids is 1. The second-order valence-electron chi connectivity index (χ2n) is 5.06. The second kappa shape index (κ2) is 7.40. The molecule has 1 heterocycles. The lowest BCUT2D eigenvalue weighted by Gasteiger charge is -2.17. The van der Waals surface area contributed by atoms with Gasteiger partial charge in [-0.2, -0.15) is 0 Å². The van der Waals surface area contributed by atoms with Crippen LogP contribution in [0.25, 0.3) is 0 Å². The van der Waals surface area contributed by atoms with Gasteiger partial charge in [-0.25, -0.2) is 10.9 Å². The number of carboxylic acid groups (broad SMARTS) is 1. The minimum absolute atomic E-state index is 0.0245. The highest BCUT2D eigenvalue weighted by Gasteiger charge is 2.37. The van der Waals surface area contributed by atoms with E-state index in [1.54, 1.807) is 0 Å². The molecule has 0 bridgehead atoms. The molecule has 1 saturated heterocycles. The van der Waals surface area contributed by atoms with Crippen molar-refractivity contribution in [1.82, 2.24) is 10.9 Å². The summed E-state index contributed by atoms with van der Waals surface area (Å²) >= 11 is 0. The smallest absolute Gasteiger partial charge is 0.322 e. The molecule has 1 aliphatic heterocycles. The summed E-state index contributed by atoms with van der Waals surface area (Å²) in [6.45, 7) is 5.65. The number of benzene rings is 1. The van der Waals surface area contributed by atoms with E-state index in [-0.39, 0.29) is 12.0 Å². The number of carboxylic acids is 1. The third kappa shape index (κ3) is 3.93. The maximum Gasteiger partial charge on any atom is 0.322 e. The molecular weight excluding hydrogens is 272 g/mol. The molecule has 0 aliphatic carbocycles. The Morgan fingerprint density at radius 1 is 1.24 bits per heavy atom. The van der Waals surface area contributed by atoms with Crippen LogP contribution in [0.5, 0.6) is 5.75 Å². The molecule has 6 heteroatoms. The van der Waals surface area contributed by atoms with Gasteiger partial charge in [0.1, 0.15) is 18.4 Å². The van der Waals surface area contributed by atoms with Crippen LogP contribution in [0.3, 0.4) is 0 Å². The summed E-state index contributed by atoms with van der Waals surface area (Å²) in [5.41, 5.74) is 6.90. The Labute approximate surface area is 124 Å². The lowest BCUT2D eigenvalue weighted by molar-refractivity contribution is -0.140. The van der Waals surface area contributed by atoms with Crippen LogP contribution in [0.1, 0.15) is 25.5 Å². The summed E-state index contributed by atoms with van der Waals surface area (Å²) in [5, 5.41) is 9.10. The van der Waals surface area contributed by atoms with Crippen molar-refractivity contribution >= 4 is 5.97 Å². The topological polar surface area (TPSA) is 79.8 Å². The molecule has 3 atom stereocenters. The van der Waals surface area contributed by atoms with E-state index in [1.807, 2.05) is 38.1 Å². The number of rotatable bonds is 7. The summed E-state index contributed by atoms with van der Waals surface area (Å²) in [6, 6.07) is 7.10. The predicted octanol–water partition coefficient (Wildman–Crippen LogP) is 1.34. The van der Waals surface area contributed by atoms with Crippen molar-refractivity contribution in [3.8, 4) is 5.75 Å². The SMILES string of the molecule is CCOCCOc1ccc(C2NNC(C(=O)O)C2C)cc1. The zero-order valence-electron chi connectivity index (χ0n) is 12.3. The molecule has 1 aliphatic rings. The monoisotopic (exact) mass is 294 g/mol. The fraction of sp³-hybridized carbons (Fsp3) is 0.533. The van der Waals surface area contributed by atoms with E-state index in [0.717, 1.165) is 11.3 Å². The Kier molecular flexibility index (Phi) is 5.55. The quantitative estimate of drug-likeness (QED) is 0.659. The van der Waals surface area contributed by atoms with Crippen LogP contribution in [0.15, 0.2) is 24.3 Å². The fourth-order valence-electron chi connectivity index (χ4n) is 2.44. The molecule has 1 aromatic carbocycles. The van der Waals surface area contributed by atoms with E-state index < -0.39 is 12.0 Å². The molecular formula is C15H22N2O4. The Bertz CT molecular complexity index is 463. The van der Waals surface area contributed by atoms with Gasteiger partial charge in [-0.15, -0.1) is 0 Å². The third-order valence-electron chi connectivity index (χ3n) is 3.65. The standard InChI is InChI=1S/C15H22N2O4/c1-3-20-8-9-21-12-6-4-11(5-7-12)13-10(2)14(15(18)19)17-16-13/h4-7,10,13-14,16-17H,3,8-9H2,1-2H3,(H,18,19). The van der Waals surface area contributed by atoms with Crippen LogP contribution in [-0.2, 0) is 9.53 Å². The van der Waals surface area contributed by atoms with E-state index in [9.17, 15) is 4.79 Å². The molecule has 0 aromatic heterocycles. The zero-order valence-corrected chi connectivity index (χ0v) is 12.3. The lowest BCUT2D eigenvalue weighted by Crippen LogP contribution is -2.37. The number of hydrogen-bond acceptors (Lipinski definition) is 5. The number of carbonyl (C=O) groups is 1. The maximum atomic E-state index is 11.1. The second-order valence-corrected chi connectivity index (χ2v) is 5.06. The zero-order chi connectivity index (χ0) is 15.2. The van der Waals surface area contributed by atoms with Gasteiger partial charge in [0, 0.05) is 12.5 Å². The first-order chi connectivity index (χ1) is 10.1.